The van der Waals surface area contributed by atoms with Gasteiger partial charge in [-0.25, -0.2) is 0 Å². The van der Waals surface area contributed by atoms with Crippen LogP contribution in [0.15, 0.2) is 0 Å². The average molecular weight is 255 g/mol. The van der Waals surface area contributed by atoms with Crippen molar-refractivity contribution in [3.8, 4) is 0 Å². The minimum absolute atomic E-state index is 0.0494. The topological polar surface area (TPSA) is 94.9 Å². The first-order chi connectivity index (χ1) is 7.37. The van der Waals surface area contributed by atoms with Crippen molar-refractivity contribution in [2.75, 3.05) is 25.5 Å². The van der Waals surface area contributed by atoms with Gasteiger partial charge in [-0.05, 0) is 0 Å². The van der Waals surface area contributed by atoms with Crippen molar-refractivity contribution in [2.45, 2.75) is 12.5 Å². The predicted octanol–water partition coefficient (Wildman–Crippen LogP) is -1.51. The maximum atomic E-state index is 12.4. The first-order valence-corrected chi connectivity index (χ1v) is 6.36. The van der Waals surface area contributed by atoms with Gasteiger partial charge in [0.2, 0.25) is 5.91 Å². The molecule has 0 bridgehead atoms. The maximum Gasteiger partial charge on any atom is 0.302 e. The highest BCUT2D eigenvalue weighted by atomic mass is 32.3. The molecule has 1 aliphatic heterocycles. The van der Waals surface area contributed by atoms with Crippen LogP contribution in [0.25, 0.3) is 0 Å². The van der Waals surface area contributed by atoms with E-state index in [-0.39, 0.29) is 18.9 Å². The first-order valence-electron chi connectivity index (χ1n) is 4.81. The number of aliphatic hydroxyl groups is 2. The largest absolute Gasteiger partial charge is 0.394 e. The second-order valence-corrected chi connectivity index (χ2v) is 5.25. The Hall–Kier alpha value is -0.730. The Bertz CT molecular complexity index is 353. The lowest BCUT2D eigenvalue weighted by molar-refractivity contribution is -0.131. The molecular formula is C8H14FNO5S. The van der Waals surface area contributed by atoms with Gasteiger partial charge in [0.15, 0.2) is 0 Å². The van der Waals surface area contributed by atoms with Crippen molar-refractivity contribution in [1.29, 1.82) is 0 Å². The number of carbonyl (C=O) groups is 1. The molecule has 0 spiro atoms. The van der Waals surface area contributed by atoms with Gasteiger partial charge in [-0.3, -0.25) is 4.79 Å². The van der Waals surface area contributed by atoms with Crippen molar-refractivity contribution < 1.29 is 27.3 Å². The van der Waals surface area contributed by atoms with Gasteiger partial charge in [-0.2, -0.15) is 8.42 Å². The van der Waals surface area contributed by atoms with Gasteiger partial charge >= 0.3 is 10.2 Å². The van der Waals surface area contributed by atoms with Gasteiger partial charge in [0, 0.05) is 18.9 Å². The number of amides is 1. The van der Waals surface area contributed by atoms with Gasteiger partial charge in [0.25, 0.3) is 0 Å². The molecule has 0 aromatic rings. The molecule has 0 radical (unpaired) electrons. The van der Waals surface area contributed by atoms with E-state index >= 15 is 0 Å². The van der Waals surface area contributed by atoms with Gasteiger partial charge < -0.3 is 15.1 Å². The Morgan fingerprint density at radius 3 is 2.44 bits per heavy atom. The Morgan fingerprint density at radius 1 is 1.44 bits per heavy atom. The van der Waals surface area contributed by atoms with Crippen LogP contribution in [0.5, 0.6) is 0 Å². The van der Waals surface area contributed by atoms with Crippen molar-refractivity contribution in [3.63, 3.8) is 0 Å². The Kier molecular flexibility index (Phi) is 4.22. The monoisotopic (exact) mass is 255 g/mol. The van der Waals surface area contributed by atoms with E-state index in [1.807, 2.05) is 0 Å². The molecule has 1 saturated heterocycles. The van der Waals surface area contributed by atoms with Gasteiger partial charge in [-0.1, -0.05) is 0 Å². The third-order valence-corrected chi connectivity index (χ3v) is 3.41. The molecule has 0 aromatic heterocycles. The average Bonchev–Trinajstić information content (AvgIpc) is 2.46. The van der Waals surface area contributed by atoms with E-state index in [9.17, 15) is 17.1 Å². The zero-order valence-corrected chi connectivity index (χ0v) is 9.36. The molecule has 1 aliphatic rings. The smallest absolute Gasteiger partial charge is 0.302 e. The van der Waals surface area contributed by atoms with E-state index in [4.69, 9.17) is 10.2 Å². The minimum Gasteiger partial charge on any atom is -0.394 e. The highest BCUT2D eigenvalue weighted by Crippen LogP contribution is 2.22. The first kappa shape index (κ1) is 13.3. The highest BCUT2D eigenvalue weighted by Gasteiger charge is 2.36. The Labute approximate surface area is 92.9 Å². The van der Waals surface area contributed by atoms with Crippen LogP contribution in [0.2, 0.25) is 0 Å². The second-order valence-electron chi connectivity index (χ2n) is 3.84. The maximum absolute atomic E-state index is 12.4. The molecule has 8 heteroatoms. The summed E-state index contributed by atoms with van der Waals surface area (Å²) in [6, 6.07) is -0.736. The minimum atomic E-state index is -4.60. The zero-order valence-electron chi connectivity index (χ0n) is 8.54. The molecule has 0 aromatic carbocycles. The number of rotatable bonds is 5. The van der Waals surface area contributed by atoms with E-state index < -0.39 is 41.1 Å². The van der Waals surface area contributed by atoms with Crippen LogP contribution in [0, 0.1) is 5.92 Å². The van der Waals surface area contributed by atoms with Crippen molar-refractivity contribution in [2.24, 2.45) is 5.92 Å². The fourth-order valence-corrected chi connectivity index (χ4v) is 2.60. The fraction of sp³-hybridized carbons (Fsp3) is 0.875. The summed E-state index contributed by atoms with van der Waals surface area (Å²) < 4.78 is 33.2. The molecule has 1 unspecified atom stereocenters. The lowest BCUT2D eigenvalue weighted by Crippen LogP contribution is -2.41. The summed E-state index contributed by atoms with van der Waals surface area (Å²) in [6.45, 7) is -0.761. The quantitative estimate of drug-likeness (QED) is 0.582. The molecule has 1 amide bonds. The molecule has 2 N–H and O–H groups in total. The highest BCUT2D eigenvalue weighted by molar-refractivity contribution is 7.86. The molecule has 1 atom stereocenters. The van der Waals surface area contributed by atoms with Crippen LogP contribution in [0.3, 0.4) is 0 Å². The predicted molar refractivity (Wildman–Crippen MR) is 52.7 cm³/mol. The standard InChI is InChI=1S/C8H14FNO5S/c9-16(14,15)5-6-1-8(13)10(2-6)7(3-11)4-12/h6-7,11-12H,1-5H2. The molecule has 1 heterocycles. The number of carbonyl (C=O) groups excluding carboxylic acids is 1. The van der Waals surface area contributed by atoms with Crippen LogP contribution in [-0.4, -0.2) is 61.0 Å². The van der Waals surface area contributed by atoms with Gasteiger partial charge in [-0.15, -0.1) is 3.89 Å². The van der Waals surface area contributed by atoms with Crippen LogP contribution in [-0.2, 0) is 15.0 Å². The number of aliphatic hydroxyl groups excluding tert-OH is 2. The van der Waals surface area contributed by atoms with Crippen molar-refractivity contribution in [3.05, 3.63) is 0 Å². The van der Waals surface area contributed by atoms with Gasteiger partial charge in [0.1, 0.15) is 0 Å². The van der Waals surface area contributed by atoms with E-state index in [1.54, 1.807) is 0 Å². The van der Waals surface area contributed by atoms with Crippen LogP contribution in [0.1, 0.15) is 6.42 Å². The summed E-state index contributed by atoms with van der Waals surface area (Å²) in [7, 11) is -4.60. The van der Waals surface area contributed by atoms with E-state index in [1.165, 1.54) is 4.90 Å². The zero-order chi connectivity index (χ0) is 12.3. The normalized spacial score (nSPS) is 22.1. The van der Waals surface area contributed by atoms with Crippen LogP contribution in [0.4, 0.5) is 3.89 Å². The van der Waals surface area contributed by atoms with Crippen LogP contribution < -0.4 is 0 Å². The summed E-state index contributed by atoms with van der Waals surface area (Å²) in [5.41, 5.74) is 0. The summed E-state index contributed by atoms with van der Waals surface area (Å²) in [5.74, 6) is -1.68. The van der Waals surface area contributed by atoms with Crippen molar-refractivity contribution in [1.82, 2.24) is 4.90 Å². The molecular weight excluding hydrogens is 241 g/mol. The van der Waals surface area contributed by atoms with Gasteiger partial charge in [0.05, 0.1) is 25.0 Å². The molecule has 1 fully saturated rings. The number of hydrogen-bond donors (Lipinski definition) is 2. The molecule has 94 valence electrons. The fourth-order valence-electron chi connectivity index (χ4n) is 1.81. The van der Waals surface area contributed by atoms with E-state index in [0.29, 0.717) is 0 Å². The Balaban J connectivity index is 2.63. The lowest BCUT2D eigenvalue weighted by Gasteiger charge is -2.24. The summed E-state index contributed by atoms with van der Waals surface area (Å²) >= 11 is 0. The Morgan fingerprint density at radius 2 is 2.00 bits per heavy atom. The molecule has 6 nitrogen and oxygen atoms in total. The number of halogens is 1. The van der Waals surface area contributed by atoms with E-state index in [0.717, 1.165) is 0 Å². The van der Waals surface area contributed by atoms with Crippen LogP contribution >= 0.6 is 0 Å². The molecule has 1 rings (SSSR count). The SMILES string of the molecule is O=C1CC(CS(=O)(=O)F)CN1C(CO)CO. The molecule has 0 saturated carbocycles. The molecule has 16 heavy (non-hydrogen) atoms. The summed E-state index contributed by atoms with van der Waals surface area (Å²) in [5, 5.41) is 17.8. The number of nitrogens with zero attached hydrogens (tertiary/aromatic N) is 1. The van der Waals surface area contributed by atoms with Crippen molar-refractivity contribution >= 4 is 16.1 Å². The number of likely N-dealkylation sites (tertiary alicyclic amines) is 1. The summed E-state index contributed by atoms with van der Waals surface area (Å²) in [6.07, 6.45) is -0.0698. The lowest BCUT2D eigenvalue weighted by atomic mass is 10.1. The van der Waals surface area contributed by atoms with E-state index in [2.05, 4.69) is 0 Å². The molecule has 0 aliphatic carbocycles. The summed E-state index contributed by atoms with van der Waals surface area (Å²) in [4.78, 5) is 12.6. The second kappa shape index (κ2) is 5.07. The number of hydrogen-bond acceptors (Lipinski definition) is 5. The third kappa shape index (κ3) is 3.39. The third-order valence-electron chi connectivity index (χ3n) is 2.54.